The first-order valence-electron chi connectivity index (χ1n) is 6.75. The van der Waals surface area contributed by atoms with Crippen molar-refractivity contribution in [3.63, 3.8) is 0 Å². The number of anilines is 1. The average Bonchev–Trinajstić information content (AvgIpc) is 2.48. The van der Waals surface area contributed by atoms with Crippen molar-refractivity contribution in [3.05, 3.63) is 28.4 Å². The van der Waals surface area contributed by atoms with Gasteiger partial charge in [0.05, 0.1) is 4.92 Å². The van der Waals surface area contributed by atoms with E-state index in [1.165, 1.54) is 12.3 Å². The van der Waals surface area contributed by atoms with E-state index in [0.29, 0.717) is 6.54 Å². The number of carbonyl (C=O) groups is 1. The Morgan fingerprint density at radius 3 is 2.70 bits per heavy atom. The summed E-state index contributed by atoms with van der Waals surface area (Å²) in [7, 11) is 0. The molecule has 1 amide bonds. The van der Waals surface area contributed by atoms with E-state index in [1.807, 2.05) is 6.92 Å². The second-order valence-electron chi connectivity index (χ2n) is 4.79. The van der Waals surface area contributed by atoms with Crippen LogP contribution in [-0.4, -0.2) is 35.4 Å². The van der Waals surface area contributed by atoms with E-state index in [0.717, 1.165) is 31.7 Å². The zero-order valence-corrected chi connectivity index (χ0v) is 11.4. The van der Waals surface area contributed by atoms with Crippen LogP contribution in [0.3, 0.4) is 0 Å². The molecule has 0 aromatic carbocycles. The first kappa shape index (κ1) is 14.2. The van der Waals surface area contributed by atoms with Crippen molar-refractivity contribution < 1.29 is 9.72 Å². The van der Waals surface area contributed by atoms with Crippen LogP contribution in [0.2, 0.25) is 0 Å². The highest BCUT2D eigenvalue weighted by Gasteiger charge is 2.25. The monoisotopic (exact) mass is 278 g/mol. The van der Waals surface area contributed by atoms with E-state index in [1.54, 1.807) is 6.07 Å². The van der Waals surface area contributed by atoms with Gasteiger partial charge in [-0.3, -0.25) is 14.9 Å². The number of carbonyl (C=O) groups excluding carboxylic acids is 1. The van der Waals surface area contributed by atoms with Crippen molar-refractivity contribution in [2.45, 2.75) is 19.8 Å². The molecule has 1 aromatic rings. The molecular formula is C13H18N4O3. The van der Waals surface area contributed by atoms with Crippen LogP contribution in [0.5, 0.6) is 0 Å². The Morgan fingerprint density at radius 2 is 2.20 bits per heavy atom. The Bertz CT molecular complexity index is 481. The molecular weight excluding hydrogens is 260 g/mol. The molecule has 1 N–H and O–H groups in total. The zero-order valence-electron chi connectivity index (χ0n) is 11.4. The molecule has 7 heteroatoms. The van der Waals surface area contributed by atoms with Crippen LogP contribution in [0.4, 0.5) is 11.5 Å². The van der Waals surface area contributed by atoms with Crippen molar-refractivity contribution in [2.24, 2.45) is 5.92 Å². The number of hydrogen-bond acceptors (Lipinski definition) is 5. The van der Waals surface area contributed by atoms with E-state index in [4.69, 9.17) is 0 Å². The standard InChI is InChI=1S/C13H18N4O3/c1-2-14-13(18)10-5-7-16(8-6-10)12-4-3-11(9-15-12)17(19)20/h3-4,9-10H,2,5-8H2,1H3,(H,14,18). The van der Waals surface area contributed by atoms with Gasteiger partial charge >= 0.3 is 0 Å². The number of piperidine rings is 1. The normalized spacial score (nSPS) is 15.9. The average molecular weight is 278 g/mol. The van der Waals surface area contributed by atoms with Gasteiger partial charge in [-0.2, -0.15) is 0 Å². The third-order valence-electron chi connectivity index (χ3n) is 3.48. The van der Waals surface area contributed by atoms with E-state index >= 15 is 0 Å². The highest BCUT2D eigenvalue weighted by atomic mass is 16.6. The van der Waals surface area contributed by atoms with Crippen molar-refractivity contribution in [2.75, 3.05) is 24.5 Å². The molecule has 0 spiro atoms. The molecule has 0 atom stereocenters. The number of nitro groups is 1. The molecule has 1 aromatic heterocycles. The van der Waals surface area contributed by atoms with E-state index in [9.17, 15) is 14.9 Å². The van der Waals surface area contributed by atoms with Gasteiger partial charge in [0.2, 0.25) is 5.91 Å². The summed E-state index contributed by atoms with van der Waals surface area (Å²) in [5, 5.41) is 13.4. The molecule has 0 aliphatic carbocycles. The molecule has 108 valence electrons. The molecule has 7 nitrogen and oxygen atoms in total. The molecule has 0 radical (unpaired) electrons. The quantitative estimate of drug-likeness (QED) is 0.663. The molecule has 0 unspecified atom stereocenters. The predicted molar refractivity (Wildman–Crippen MR) is 74.5 cm³/mol. The summed E-state index contributed by atoms with van der Waals surface area (Å²) < 4.78 is 0. The van der Waals surface area contributed by atoms with Crippen LogP contribution in [0, 0.1) is 16.0 Å². The Balaban J connectivity index is 1.93. The maximum Gasteiger partial charge on any atom is 0.287 e. The van der Waals surface area contributed by atoms with E-state index < -0.39 is 4.92 Å². The summed E-state index contributed by atoms with van der Waals surface area (Å²) in [6.07, 6.45) is 2.83. The number of rotatable bonds is 4. The van der Waals surface area contributed by atoms with E-state index in [2.05, 4.69) is 15.2 Å². The number of nitrogens with zero attached hydrogens (tertiary/aromatic N) is 3. The lowest BCUT2D eigenvalue weighted by Gasteiger charge is -2.32. The Kier molecular flexibility index (Phi) is 4.49. The minimum atomic E-state index is -0.460. The lowest BCUT2D eigenvalue weighted by atomic mass is 9.96. The number of amides is 1. The van der Waals surface area contributed by atoms with Crippen LogP contribution < -0.4 is 10.2 Å². The summed E-state index contributed by atoms with van der Waals surface area (Å²) in [6, 6.07) is 3.11. The summed E-state index contributed by atoms with van der Waals surface area (Å²) in [4.78, 5) is 28.0. The third-order valence-corrected chi connectivity index (χ3v) is 3.48. The molecule has 1 aliphatic rings. The highest BCUT2D eigenvalue weighted by Crippen LogP contribution is 2.23. The molecule has 1 saturated heterocycles. The number of hydrogen-bond donors (Lipinski definition) is 1. The molecule has 1 fully saturated rings. The van der Waals surface area contributed by atoms with Crippen molar-refractivity contribution in [1.82, 2.24) is 10.3 Å². The molecule has 20 heavy (non-hydrogen) atoms. The van der Waals surface area contributed by atoms with Gasteiger partial charge < -0.3 is 10.2 Å². The van der Waals surface area contributed by atoms with Crippen LogP contribution >= 0.6 is 0 Å². The Morgan fingerprint density at radius 1 is 1.50 bits per heavy atom. The van der Waals surface area contributed by atoms with E-state index in [-0.39, 0.29) is 17.5 Å². The SMILES string of the molecule is CCNC(=O)C1CCN(c2ccc([N+](=O)[O-])cn2)CC1. The fourth-order valence-corrected chi connectivity index (χ4v) is 2.36. The Labute approximate surface area is 117 Å². The second kappa shape index (κ2) is 6.31. The number of pyridine rings is 1. The first-order chi connectivity index (χ1) is 9.61. The summed E-state index contributed by atoms with van der Waals surface area (Å²) in [5.74, 6) is 0.901. The zero-order chi connectivity index (χ0) is 14.5. The topological polar surface area (TPSA) is 88.4 Å². The van der Waals surface area contributed by atoms with Crippen molar-refractivity contribution >= 4 is 17.4 Å². The van der Waals surface area contributed by atoms with Crippen LogP contribution in [0.25, 0.3) is 0 Å². The third kappa shape index (κ3) is 3.23. The molecule has 0 saturated carbocycles. The van der Waals surface area contributed by atoms with Crippen LogP contribution in [-0.2, 0) is 4.79 Å². The minimum absolute atomic E-state index is 0.00837. The predicted octanol–water partition coefficient (Wildman–Crippen LogP) is 1.34. The van der Waals surface area contributed by atoms with Crippen molar-refractivity contribution in [3.8, 4) is 0 Å². The van der Waals surface area contributed by atoms with Gasteiger partial charge in [-0.05, 0) is 25.8 Å². The minimum Gasteiger partial charge on any atom is -0.357 e. The molecule has 2 heterocycles. The van der Waals surface area contributed by atoms with Gasteiger partial charge in [0, 0.05) is 31.6 Å². The van der Waals surface area contributed by atoms with Gasteiger partial charge in [0.15, 0.2) is 0 Å². The smallest absolute Gasteiger partial charge is 0.287 e. The molecule has 0 bridgehead atoms. The number of aromatic nitrogens is 1. The molecule has 2 rings (SSSR count). The van der Waals surface area contributed by atoms with Crippen molar-refractivity contribution in [1.29, 1.82) is 0 Å². The summed E-state index contributed by atoms with van der Waals surface area (Å²) in [6.45, 7) is 4.05. The lowest BCUT2D eigenvalue weighted by Crippen LogP contribution is -2.40. The fourth-order valence-electron chi connectivity index (χ4n) is 2.36. The van der Waals surface area contributed by atoms with Crippen LogP contribution in [0.1, 0.15) is 19.8 Å². The summed E-state index contributed by atoms with van der Waals surface area (Å²) >= 11 is 0. The fraction of sp³-hybridized carbons (Fsp3) is 0.538. The Hall–Kier alpha value is -2.18. The van der Waals surface area contributed by atoms with Gasteiger partial charge in [-0.1, -0.05) is 0 Å². The summed E-state index contributed by atoms with van der Waals surface area (Å²) in [5.41, 5.74) is -0.00837. The van der Waals surface area contributed by atoms with Crippen LogP contribution in [0.15, 0.2) is 18.3 Å². The van der Waals surface area contributed by atoms with Gasteiger partial charge in [0.1, 0.15) is 12.0 Å². The maximum absolute atomic E-state index is 11.7. The second-order valence-corrected chi connectivity index (χ2v) is 4.79. The first-order valence-corrected chi connectivity index (χ1v) is 6.75. The lowest BCUT2D eigenvalue weighted by molar-refractivity contribution is -0.385. The van der Waals surface area contributed by atoms with Gasteiger partial charge in [-0.25, -0.2) is 4.98 Å². The van der Waals surface area contributed by atoms with Gasteiger partial charge in [-0.15, -0.1) is 0 Å². The highest BCUT2D eigenvalue weighted by molar-refractivity contribution is 5.78. The maximum atomic E-state index is 11.7. The number of nitrogens with one attached hydrogen (secondary N) is 1. The largest absolute Gasteiger partial charge is 0.357 e. The van der Waals surface area contributed by atoms with Gasteiger partial charge in [0.25, 0.3) is 5.69 Å². The molecule has 1 aliphatic heterocycles.